The molecule has 0 saturated heterocycles. The SMILES string of the molecule is c1ccc(N2c3cccc4c3B3c5c(cccc5Oc5cc6c7c8c(cc6c2c53)Oc2cccc3c2B8c2c(cccc2N7c2ccccc2)O3)O4)cc1. The van der Waals surface area contributed by atoms with Gasteiger partial charge < -0.3 is 28.7 Å². The normalized spacial score (nSPS) is 14.7. The average molecular weight is 690 g/mol. The van der Waals surface area contributed by atoms with Crippen LogP contribution in [0.5, 0.6) is 46.0 Å². The summed E-state index contributed by atoms with van der Waals surface area (Å²) < 4.78 is 27.4. The van der Waals surface area contributed by atoms with E-state index in [1.54, 1.807) is 0 Å². The highest BCUT2D eigenvalue weighted by Crippen LogP contribution is 2.53. The lowest BCUT2D eigenvalue weighted by Crippen LogP contribution is -2.62. The van der Waals surface area contributed by atoms with E-state index >= 15 is 0 Å². The number of nitrogens with zero attached hydrogens (tertiary/aromatic N) is 2. The molecule has 0 N–H and O–H groups in total. The fraction of sp³-hybridized carbons (Fsp3) is 0. The van der Waals surface area contributed by atoms with Gasteiger partial charge in [-0.1, -0.05) is 60.7 Å². The van der Waals surface area contributed by atoms with Gasteiger partial charge in [0, 0.05) is 44.4 Å². The molecule has 0 radical (unpaired) electrons. The molecule has 0 aromatic heterocycles. The zero-order valence-corrected chi connectivity index (χ0v) is 28.5. The minimum Gasteiger partial charge on any atom is -0.458 e. The summed E-state index contributed by atoms with van der Waals surface area (Å²) in [6.45, 7) is -0.139. The Morgan fingerprint density at radius 2 is 0.667 bits per heavy atom. The van der Waals surface area contributed by atoms with Crippen LogP contribution in [0.25, 0.3) is 10.8 Å². The first kappa shape index (κ1) is 27.6. The Morgan fingerprint density at radius 1 is 0.315 bits per heavy atom. The lowest BCUT2D eigenvalue weighted by atomic mass is 9.32. The topological polar surface area (TPSA) is 43.4 Å². The minimum absolute atomic E-state index is 0.0696. The van der Waals surface area contributed by atoms with E-state index in [-0.39, 0.29) is 13.4 Å². The lowest BCUT2D eigenvalue weighted by molar-refractivity contribution is 0.463. The molecule has 6 aliphatic heterocycles. The van der Waals surface area contributed by atoms with E-state index in [1.807, 2.05) is 12.1 Å². The summed E-state index contributed by atoms with van der Waals surface area (Å²) in [6, 6.07) is 51.1. The van der Waals surface area contributed by atoms with Gasteiger partial charge in [0.25, 0.3) is 13.4 Å². The number of fused-ring (bicyclic) bond motifs is 3. The molecule has 8 aromatic carbocycles. The van der Waals surface area contributed by atoms with Crippen molar-refractivity contribution in [3.8, 4) is 46.0 Å². The van der Waals surface area contributed by atoms with Gasteiger partial charge in [-0.05, 0) is 107 Å². The zero-order valence-electron chi connectivity index (χ0n) is 28.5. The Balaban J connectivity index is 1.18. The maximum atomic E-state index is 7.05. The quantitative estimate of drug-likeness (QED) is 0.172. The van der Waals surface area contributed by atoms with Gasteiger partial charge in [0.15, 0.2) is 0 Å². The van der Waals surface area contributed by atoms with Gasteiger partial charge >= 0.3 is 0 Å². The molecule has 0 saturated carbocycles. The Kier molecular flexibility index (Phi) is 4.84. The van der Waals surface area contributed by atoms with Crippen LogP contribution in [0, 0.1) is 0 Å². The first-order chi connectivity index (χ1) is 26.8. The molecule has 6 nitrogen and oxygen atoms in total. The number of hydrogen-bond donors (Lipinski definition) is 0. The van der Waals surface area contributed by atoms with E-state index < -0.39 is 0 Å². The van der Waals surface area contributed by atoms with Gasteiger partial charge in [-0.25, -0.2) is 0 Å². The predicted octanol–water partition coefficient (Wildman–Crippen LogP) is 7.86. The van der Waals surface area contributed by atoms with Crippen LogP contribution in [-0.2, 0) is 0 Å². The van der Waals surface area contributed by atoms with Gasteiger partial charge in [-0.15, -0.1) is 0 Å². The maximum absolute atomic E-state index is 7.05. The third-order valence-electron chi connectivity index (χ3n) is 12.1. The summed E-state index contributed by atoms with van der Waals surface area (Å²) in [5.41, 5.74) is 13.2. The Morgan fingerprint density at radius 3 is 1.07 bits per heavy atom. The van der Waals surface area contributed by atoms with Crippen LogP contribution in [0.15, 0.2) is 146 Å². The van der Waals surface area contributed by atoms with E-state index in [0.29, 0.717) is 0 Å². The molecule has 54 heavy (non-hydrogen) atoms. The number of rotatable bonds is 2. The Labute approximate surface area is 310 Å². The van der Waals surface area contributed by atoms with Crippen LogP contribution in [-0.4, -0.2) is 13.4 Å². The van der Waals surface area contributed by atoms with Crippen LogP contribution in [0.2, 0.25) is 0 Å². The van der Waals surface area contributed by atoms with Crippen molar-refractivity contribution in [1.82, 2.24) is 0 Å². The molecule has 0 spiro atoms. The van der Waals surface area contributed by atoms with Gasteiger partial charge in [-0.2, -0.15) is 0 Å². The van der Waals surface area contributed by atoms with Crippen LogP contribution in [0.1, 0.15) is 0 Å². The van der Waals surface area contributed by atoms with Gasteiger partial charge in [0.2, 0.25) is 0 Å². The van der Waals surface area contributed by atoms with Crippen molar-refractivity contribution in [2.24, 2.45) is 0 Å². The number of anilines is 6. The van der Waals surface area contributed by atoms with Crippen LogP contribution in [0.4, 0.5) is 34.1 Å². The molecule has 0 aliphatic carbocycles. The number of hydrogen-bond acceptors (Lipinski definition) is 6. The second-order valence-corrected chi connectivity index (χ2v) is 14.7. The standard InChI is InChI=1S/C46H24B2N2O4/c1-3-11-25(12-4-1)49-29-15-7-17-31-39(29)47-41-33(51-31)19-9-21-35(41)53-37-24-28-27(45(49)43(37)47)23-38-44-46(28)50(26-13-5-2-6-14-26)30-16-8-18-32-40(30)48(44)42-34(52-32)20-10-22-36(42)54-38/h1-24H. The first-order valence-corrected chi connectivity index (χ1v) is 18.4. The average Bonchev–Trinajstić information content (AvgIpc) is 3.22. The van der Waals surface area contributed by atoms with E-state index in [2.05, 4.69) is 143 Å². The van der Waals surface area contributed by atoms with Crippen molar-refractivity contribution in [2.75, 3.05) is 9.80 Å². The lowest BCUT2D eigenvalue weighted by Gasteiger charge is -2.45. The monoisotopic (exact) mass is 690 g/mol. The molecule has 0 fully saturated rings. The van der Waals surface area contributed by atoms with Gasteiger partial charge in [0.1, 0.15) is 46.0 Å². The molecule has 0 bridgehead atoms. The summed E-state index contributed by atoms with van der Waals surface area (Å²) in [4.78, 5) is 4.82. The summed E-state index contributed by atoms with van der Waals surface area (Å²) in [5, 5.41) is 2.18. The van der Waals surface area contributed by atoms with Crippen molar-refractivity contribution < 1.29 is 18.9 Å². The van der Waals surface area contributed by atoms with Crippen molar-refractivity contribution in [3.63, 3.8) is 0 Å². The zero-order chi connectivity index (χ0) is 34.8. The summed E-state index contributed by atoms with van der Waals surface area (Å²) in [6.07, 6.45) is 0. The second-order valence-electron chi connectivity index (χ2n) is 14.7. The fourth-order valence-electron chi connectivity index (χ4n) is 10.2. The largest absolute Gasteiger partial charge is 0.458 e. The molecule has 6 aliphatic rings. The number of ether oxygens (including phenoxy) is 4. The maximum Gasteiger partial charge on any atom is 0.266 e. The van der Waals surface area contributed by atoms with Gasteiger partial charge in [-0.3, -0.25) is 0 Å². The number of para-hydroxylation sites is 2. The Bertz CT molecular complexity index is 2840. The molecule has 14 rings (SSSR count). The van der Waals surface area contributed by atoms with Crippen molar-refractivity contribution in [3.05, 3.63) is 146 Å². The predicted molar refractivity (Wildman–Crippen MR) is 216 cm³/mol. The molecule has 248 valence electrons. The smallest absolute Gasteiger partial charge is 0.266 e. The van der Waals surface area contributed by atoms with Crippen LogP contribution >= 0.6 is 0 Å². The summed E-state index contributed by atoms with van der Waals surface area (Å²) in [7, 11) is 0. The second kappa shape index (κ2) is 9.48. The molecular formula is C46H24B2N2O4. The van der Waals surface area contributed by atoms with E-state index in [1.165, 1.54) is 0 Å². The molecule has 6 heterocycles. The molecule has 0 atom stereocenters. The summed E-state index contributed by atoms with van der Waals surface area (Å²) in [5.74, 6) is 6.79. The molecule has 0 amide bonds. The van der Waals surface area contributed by atoms with Crippen molar-refractivity contribution >= 4 is 91.1 Å². The highest BCUT2D eigenvalue weighted by molar-refractivity contribution is 7.02. The van der Waals surface area contributed by atoms with Crippen LogP contribution < -0.4 is 61.5 Å². The highest BCUT2D eigenvalue weighted by atomic mass is 16.5. The fourth-order valence-corrected chi connectivity index (χ4v) is 10.2. The highest BCUT2D eigenvalue weighted by Gasteiger charge is 2.51. The third kappa shape index (κ3) is 3.19. The summed E-state index contributed by atoms with van der Waals surface area (Å²) >= 11 is 0. The molecular weight excluding hydrogens is 666 g/mol. The van der Waals surface area contributed by atoms with E-state index in [9.17, 15) is 0 Å². The Hall–Kier alpha value is -7.05. The first-order valence-electron chi connectivity index (χ1n) is 18.4. The van der Waals surface area contributed by atoms with Crippen LogP contribution in [0.3, 0.4) is 0 Å². The van der Waals surface area contributed by atoms with Gasteiger partial charge in [0.05, 0.1) is 11.4 Å². The molecule has 8 aromatic rings. The third-order valence-corrected chi connectivity index (χ3v) is 12.1. The molecule has 0 unspecified atom stereocenters. The molecule has 8 heteroatoms. The van der Waals surface area contributed by atoms with Crippen molar-refractivity contribution in [1.29, 1.82) is 0 Å². The minimum atomic E-state index is -0.0696. The van der Waals surface area contributed by atoms with E-state index in [0.717, 1.165) is 124 Å². The van der Waals surface area contributed by atoms with Crippen molar-refractivity contribution in [2.45, 2.75) is 0 Å². The van der Waals surface area contributed by atoms with E-state index in [4.69, 9.17) is 18.9 Å². The number of benzene rings is 8.